The van der Waals surface area contributed by atoms with E-state index in [-0.39, 0.29) is 93.5 Å². The first-order valence-electron chi connectivity index (χ1n) is 38.2. The van der Waals surface area contributed by atoms with Crippen LogP contribution in [0, 0.1) is 73.1 Å². The first-order valence-corrected chi connectivity index (χ1v) is 38.2. The number of amides is 2. The standard InChI is InChI=1S/C17H23N3O3.C14H16N2O3.C13H14N2O3.C8H15NO.C8H13N.C8H14O2.C7H12N2.C7H6O4/c1-17(2,3)23-16(22)19-14-9-6-10-20(15(14)21)13-8-5-7-12(11-13)18-4;1-15-10-5-3-6-11(9-10)16-8-4-7-12(13(16)17)14(18)19-2;1-14-9-4-2-5-10(8-9)15-7-3-6-11(12(15)16)13(17)18;1-6-3-2-4-7(5-6)8(9)10;1-7-3-2-4-8(5-7)6-9;1-6-3-2-4-7(5-6)8(9)10;1-9-7-4-2-3-6(8)5-7;1-10-6(8)5-3-2-4-11-7(5)9/h6,9-10,12-13H,5,7-8,11H2,1-3H3,(H,19,22);4,7-8,10-11H,3,5-6,9H2,2H3;3,6-7,9-10H,2,4-5,8H2,(H,17,18);6-7H,2-5H2,1H3,(H2,9,10);7-8H,2-5H2,1H3;6-7H,2-5H2,1H3,(H,9,10);6-7H,2-5,8H2;2-4H,1H3/t12-,13?;10-,11?;9-,10?;6-,7+;7-,8+;2*6-,7+;/m1111110./s1. The van der Waals surface area contributed by atoms with Gasteiger partial charge in [-0.05, 0) is 177 Å². The van der Waals surface area contributed by atoms with Gasteiger partial charge in [0.05, 0.1) is 32.5 Å². The average molecular weight is 1510 g/mol. The van der Waals surface area contributed by atoms with Crippen molar-refractivity contribution in [3.05, 3.63) is 177 Å². The molecule has 4 heterocycles. The second kappa shape index (κ2) is 47.6. The molecule has 2 amide bonds. The number of aromatic carboxylic acids is 1. The van der Waals surface area contributed by atoms with Crippen LogP contribution in [0.2, 0.25) is 0 Å². The predicted octanol–water partition coefficient (Wildman–Crippen LogP) is 14.7. The van der Waals surface area contributed by atoms with Crippen molar-refractivity contribution >= 4 is 41.6 Å². The van der Waals surface area contributed by atoms with Gasteiger partial charge in [0.25, 0.3) is 16.7 Å². The number of aromatic nitrogens is 3. The van der Waals surface area contributed by atoms with E-state index in [0.717, 1.165) is 134 Å². The maximum absolute atomic E-state index is 12.6. The van der Waals surface area contributed by atoms with Crippen LogP contribution in [0.25, 0.3) is 19.4 Å². The fourth-order valence-electron chi connectivity index (χ4n) is 14.7. The van der Waals surface area contributed by atoms with E-state index in [0.29, 0.717) is 43.1 Å². The number of nitrogens with two attached hydrogens (primary N) is 2. The summed E-state index contributed by atoms with van der Waals surface area (Å²) in [5.41, 5.74) is 8.45. The fraction of sp³-hybridized carbons (Fsp3) is 0.622. The number of primary amides is 1. The number of carboxylic acid groups (broad SMARTS) is 2. The molecular formula is C82H113N11O16. The molecule has 0 radical (unpaired) electrons. The molecule has 0 aliphatic heterocycles. The Labute approximate surface area is 640 Å². The molecule has 0 spiro atoms. The molecular weight excluding hydrogens is 1390 g/mol. The van der Waals surface area contributed by atoms with E-state index in [1.807, 2.05) is 0 Å². The van der Waals surface area contributed by atoms with Crippen molar-refractivity contribution in [1.82, 2.24) is 13.7 Å². The Morgan fingerprint density at radius 2 is 0.936 bits per heavy atom. The van der Waals surface area contributed by atoms with Crippen molar-refractivity contribution in [2.24, 2.45) is 47.0 Å². The van der Waals surface area contributed by atoms with Crippen LogP contribution in [0.4, 0.5) is 10.5 Å². The summed E-state index contributed by atoms with van der Waals surface area (Å²) in [6, 6.07) is 14.9. The molecule has 4 aromatic heterocycles. The van der Waals surface area contributed by atoms with Gasteiger partial charge in [-0.3, -0.25) is 29.3 Å². The molecule has 7 aliphatic carbocycles. The molecule has 7 N–H and O–H groups in total. The highest BCUT2D eigenvalue weighted by Gasteiger charge is 2.32. The maximum atomic E-state index is 12.6. The van der Waals surface area contributed by atoms with E-state index in [2.05, 4.69) is 65.4 Å². The van der Waals surface area contributed by atoms with Crippen LogP contribution in [0.3, 0.4) is 0 Å². The highest BCUT2D eigenvalue weighted by atomic mass is 16.6. The minimum Gasteiger partial charge on any atom is -0.481 e. The highest BCUT2D eigenvalue weighted by molar-refractivity contribution is 5.89. The van der Waals surface area contributed by atoms with Gasteiger partial charge in [0.15, 0.2) is 0 Å². The molecule has 3 unspecified atom stereocenters. The van der Waals surface area contributed by atoms with Crippen molar-refractivity contribution in [2.45, 2.75) is 275 Å². The zero-order chi connectivity index (χ0) is 80.8. The van der Waals surface area contributed by atoms with Gasteiger partial charge in [-0.2, -0.15) is 5.26 Å². The van der Waals surface area contributed by atoms with Crippen molar-refractivity contribution in [3.63, 3.8) is 0 Å². The molecule has 7 fully saturated rings. The number of nitrogens with one attached hydrogen (secondary N) is 1. The SMILES string of the molecule is COC(=O)c1cccoc1=O.C[C@@H]1CCC[C@H](C#N)C1.C[C@@H]1CCC[C@H](C(=O)O)C1.C[C@@H]1CCC[C@H](C(N)=O)C1.[C-]#[N+][C@@H]1CCCC(n2cccc(C(=O)O)c2=O)C1.[C-]#[N+][C@@H]1CCCC(n2cccc(C(=O)OC)c2=O)C1.[C-]#[N+][C@@H]1CCCC(n2cccc(NC(=O)OC(C)(C)C)c2=O)C1.[C-]#[N+][C@@H]1CCC[C@H](N)C1. The minimum absolute atomic E-state index is 0.00459. The Balaban J connectivity index is 0.000000270. The number of esters is 2. The molecule has 7 aliphatic rings. The van der Waals surface area contributed by atoms with Crippen LogP contribution in [0.15, 0.2) is 97.0 Å². The number of carbonyl (C=O) groups is 6. The number of anilines is 1. The lowest BCUT2D eigenvalue weighted by Gasteiger charge is -2.25. The Hall–Kier alpha value is -10.2. The van der Waals surface area contributed by atoms with Gasteiger partial charge >= 0.3 is 35.6 Å². The lowest BCUT2D eigenvalue weighted by atomic mass is 9.82. The molecule has 11 rings (SSSR count). The molecule has 14 atom stereocenters. The number of hydrogen-bond donors (Lipinski definition) is 5. The molecule has 7 saturated carbocycles. The molecule has 592 valence electrons. The van der Waals surface area contributed by atoms with E-state index in [1.165, 1.54) is 81.4 Å². The van der Waals surface area contributed by atoms with Crippen molar-refractivity contribution in [2.75, 3.05) is 19.5 Å². The van der Waals surface area contributed by atoms with Crippen molar-refractivity contribution in [1.29, 1.82) is 5.26 Å². The summed E-state index contributed by atoms with van der Waals surface area (Å²) in [6.07, 6.45) is 33.3. The zero-order valence-corrected chi connectivity index (χ0v) is 64.7. The Morgan fingerprint density at radius 3 is 1.32 bits per heavy atom. The van der Waals surface area contributed by atoms with Crippen molar-refractivity contribution in [3.8, 4) is 6.07 Å². The molecule has 27 nitrogen and oxygen atoms in total. The number of ether oxygens (including phenoxy) is 3. The number of carbonyl (C=O) groups excluding carboxylic acids is 4. The first kappa shape index (κ1) is 91.2. The largest absolute Gasteiger partial charge is 0.481 e. The van der Waals surface area contributed by atoms with E-state index in [1.54, 1.807) is 72.8 Å². The van der Waals surface area contributed by atoms with Gasteiger partial charge in [0.2, 0.25) is 30.1 Å². The monoisotopic (exact) mass is 1510 g/mol. The number of pyridine rings is 3. The average Bonchev–Trinajstić information content (AvgIpc) is 0.825. The third kappa shape index (κ3) is 31.9. The van der Waals surface area contributed by atoms with E-state index in [4.69, 9.17) is 58.0 Å². The predicted molar refractivity (Wildman–Crippen MR) is 413 cm³/mol. The van der Waals surface area contributed by atoms with Gasteiger partial charge in [-0.1, -0.05) is 59.3 Å². The Kier molecular flexibility index (Phi) is 39.8. The molecule has 0 aromatic carbocycles. The van der Waals surface area contributed by atoms with E-state index >= 15 is 0 Å². The fourth-order valence-corrected chi connectivity index (χ4v) is 14.7. The van der Waals surface area contributed by atoms with Crippen LogP contribution >= 0.6 is 0 Å². The number of hydrogen-bond acceptors (Lipinski definition) is 16. The van der Waals surface area contributed by atoms with Crippen molar-refractivity contribution < 1.29 is 57.6 Å². The molecule has 109 heavy (non-hydrogen) atoms. The minimum atomic E-state index is -1.20. The summed E-state index contributed by atoms with van der Waals surface area (Å²) < 4.78 is 23.2. The van der Waals surface area contributed by atoms with Crippen LogP contribution < -0.4 is 39.1 Å². The lowest BCUT2D eigenvalue weighted by Crippen LogP contribution is -2.33. The number of rotatable bonds is 9. The number of nitriles is 1. The Bertz CT molecular complexity index is 4000. The van der Waals surface area contributed by atoms with Crippen LogP contribution in [-0.2, 0) is 23.8 Å². The number of carboxylic acids is 2. The normalized spacial score (nSPS) is 25.2. The lowest BCUT2D eigenvalue weighted by molar-refractivity contribution is -0.143. The topological polar surface area (TPSA) is 372 Å². The van der Waals surface area contributed by atoms with Gasteiger partial charge in [0, 0.05) is 106 Å². The van der Waals surface area contributed by atoms with Gasteiger partial charge in [-0.25, -0.2) is 50.3 Å². The Morgan fingerprint density at radius 1 is 0.532 bits per heavy atom. The van der Waals surface area contributed by atoms with Gasteiger partial charge in [-0.15, -0.1) is 0 Å². The quantitative estimate of drug-likeness (QED) is 0.0590. The van der Waals surface area contributed by atoms with Crippen LogP contribution in [-0.4, -0.2) is 110 Å². The summed E-state index contributed by atoms with van der Waals surface area (Å²) in [5.74, 6) is -0.605. The molecule has 0 bridgehead atoms. The second-order valence-corrected chi connectivity index (χ2v) is 30.4. The molecule has 4 aromatic rings. The number of nitrogens with zero attached hydrogens (tertiary/aromatic N) is 8. The molecule has 0 saturated heterocycles. The van der Waals surface area contributed by atoms with E-state index in [9.17, 15) is 47.9 Å². The third-order valence-corrected chi connectivity index (χ3v) is 20.5. The highest BCUT2D eigenvalue weighted by Crippen LogP contribution is 2.34. The zero-order valence-electron chi connectivity index (χ0n) is 64.7. The summed E-state index contributed by atoms with van der Waals surface area (Å²) >= 11 is 0. The summed E-state index contributed by atoms with van der Waals surface area (Å²) in [6.45, 7) is 40.0. The summed E-state index contributed by atoms with van der Waals surface area (Å²) in [5, 5.41) is 28.7. The first-order chi connectivity index (χ1) is 51.9. The second-order valence-electron chi connectivity index (χ2n) is 30.4. The van der Waals surface area contributed by atoms with Crippen LogP contribution in [0.5, 0.6) is 0 Å². The molecule has 27 heteroatoms. The number of aliphatic carboxylic acids is 1. The van der Waals surface area contributed by atoms with Gasteiger partial charge in [0.1, 0.15) is 28.0 Å². The summed E-state index contributed by atoms with van der Waals surface area (Å²) in [4.78, 5) is 128. The van der Waals surface area contributed by atoms with Crippen LogP contribution in [0.1, 0.15) is 271 Å². The van der Waals surface area contributed by atoms with E-state index < -0.39 is 46.8 Å². The number of methoxy groups -OCH3 is 2. The third-order valence-electron chi connectivity index (χ3n) is 20.5. The van der Waals surface area contributed by atoms with Gasteiger partial charge < -0.3 is 73.4 Å². The maximum Gasteiger partial charge on any atom is 0.412 e. The smallest absolute Gasteiger partial charge is 0.412 e. The summed E-state index contributed by atoms with van der Waals surface area (Å²) in [7, 11) is 2.46.